The molecule has 98 valence electrons. The Bertz CT molecular complexity index is 426. The van der Waals surface area contributed by atoms with Gasteiger partial charge in [0, 0.05) is 19.0 Å². The number of hydrogen-bond donors (Lipinski definition) is 1. The summed E-state index contributed by atoms with van der Waals surface area (Å²) in [6, 6.07) is 8.45. The highest BCUT2D eigenvalue weighted by Crippen LogP contribution is 2.32. The quantitative estimate of drug-likeness (QED) is 0.640. The molecule has 0 saturated heterocycles. The summed E-state index contributed by atoms with van der Waals surface area (Å²) < 4.78 is 5.37. The van der Waals surface area contributed by atoms with Crippen molar-refractivity contribution in [3.8, 4) is 5.75 Å². The molecular weight excluding hydrogens is 224 g/mol. The van der Waals surface area contributed by atoms with Crippen LogP contribution in [0.2, 0.25) is 0 Å². The van der Waals surface area contributed by atoms with Gasteiger partial charge in [0.05, 0.1) is 12.9 Å². The van der Waals surface area contributed by atoms with Gasteiger partial charge in [0.25, 0.3) is 0 Å². The second-order valence-electron chi connectivity index (χ2n) is 5.14. The largest absolute Gasteiger partial charge is 0.496 e. The van der Waals surface area contributed by atoms with Crippen molar-refractivity contribution in [2.24, 2.45) is 5.92 Å². The Balaban J connectivity index is 2.01. The average Bonchev–Trinajstić information content (AvgIpc) is 3.22. The van der Waals surface area contributed by atoms with E-state index in [0.717, 1.165) is 18.0 Å². The normalized spacial score (nSPS) is 16.2. The summed E-state index contributed by atoms with van der Waals surface area (Å²) in [6.45, 7) is 2.17. The lowest BCUT2D eigenvalue weighted by Crippen LogP contribution is -2.37. The third-order valence-corrected chi connectivity index (χ3v) is 3.71. The molecule has 0 bridgehead atoms. The van der Waals surface area contributed by atoms with E-state index < -0.39 is 0 Å². The first-order valence-corrected chi connectivity index (χ1v) is 6.56. The SMILES string of the molecule is COc1ccccc1CC(C)N(C)C(=N)C1CC1. The van der Waals surface area contributed by atoms with Crippen molar-refractivity contribution in [3.63, 3.8) is 0 Å². The van der Waals surface area contributed by atoms with E-state index in [1.54, 1.807) is 7.11 Å². The summed E-state index contributed by atoms with van der Waals surface area (Å²) >= 11 is 0. The first kappa shape index (κ1) is 12.9. The van der Waals surface area contributed by atoms with E-state index in [1.165, 1.54) is 18.4 Å². The molecule has 1 atom stereocenters. The predicted octanol–water partition coefficient (Wildman–Crippen LogP) is 2.95. The number of ether oxygens (including phenoxy) is 1. The van der Waals surface area contributed by atoms with E-state index >= 15 is 0 Å². The predicted molar refractivity (Wildman–Crippen MR) is 74.4 cm³/mol. The van der Waals surface area contributed by atoms with Crippen molar-refractivity contribution in [1.82, 2.24) is 4.90 Å². The topological polar surface area (TPSA) is 36.3 Å². The van der Waals surface area contributed by atoms with Crippen LogP contribution in [0.15, 0.2) is 24.3 Å². The Labute approximate surface area is 109 Å². The van der Waals surface area contributed by atoms with Crippen LogP contribution < -0.4 is 4.74 Å². The van der Waals surface area contributed by atoms with Crippen molar-refractivity contribution < 1.29 is 4.74 Å². The molecule has 3 nitrogen and oxygen atoms in total. The third-order valence-electron chi connectivity index (χ3n) is 3.71. The van der Waals surface area contributed by atoms with E-state index in [9.17, 15) is 0 Å². The zero-order valence-corrected chi connectivity index (χ0v) is 11.4. The highest BCUT2D eigenvalue weighted by Gasteiger charge is 2.30. The molecule has 1 unspecified atom stereocenters. The first-order valence-electron chi connectivity index (χ1n) is 6.56. The molecule has 0 radical (unpaired) electrons. The highest BCUT2D eigenvalue weighted by atomic mass is 16.5. The molecule has 1 N–H and O–H groups in total. The van der Waals surface area contributed by atoms with Crippen molar-refractivity contribution in [2.45, 2.75) is 32.2 Å². The molecule has 0 amide bonds. The summed E-state index contributed by atoms with van der Waals surface area (Å²) in [4.78, 5) is 2.10. The van der Waals surface area contributed by atoms with Crippen molar-refractivity contribution in [3.05, 3.63) is 29.8 Å². The Hall–Kier alpha value is -1.51. The summed E-state index contributed by atoms with van der Waals surface area (Å²) in [7, 11) is 3.74. The number of likely N-dealkylation sites (N-methyl/N-ethyl adjacent to an activating group) is 1. The van der Waals surface area contributed by atoms with Crippen LogP contribution in [0.1, 0.15) is 25.3 Å². The monoisotopic (exact) mass is 246 g/mol. The minimum atomic E-state index is 0.328. The fraction of sp³-hybridized carbons (Fsp3) is 0.533. The maximum Gasteiger partial charge on any atom is 0.122 e. The molecule has 1 aromatic carbocycles. The van der Waals surface area contributed by atoms with E-state index in [1.807, 2.05) is 25.2 Å². The van der Waals surface area contributed by atoms with Crippen LogP contribution in [0.25, 0.3) is 0 Å². The van der Waals surface area contributed by atoms with Gasteiger partial charge in [0.1, 0.15) is 5.75 Å². The van der Waals surface area contributed by atoms with Gasteiger partial charge < -0.3 is 9.64 Å². The van der Waals surface area contributed by atoms with Crippen LogP contribution in [0.4, 0.5) is 0 Å². The summed E-state index contributed by atoms with van der Waals surface area (Å²) in [6.07, 6.45) is 3.28. The highest BCUT2D eigenvalue weighted by molar-refractivity contribution is 5.83. The molecule has 3 heteroatoms. The van der Waals surface area contributed by atoms with Crippen LogP contribution in [0.5, 0.6) is 5.75 Å². The van der Waals surface area contributed by atoms with Gasteiger partial charge in [0.2, 0.25) is 0 Å². The lowest BCUT2D eigenvalue weighted by Gasteiger charge is -2.28. The molecule has 0 spiro atoms. The van der Waals surface area contributed by atoms with Crippen LogP contribution in [0.3, 0.4) is 0 Å². The summed E-state index contributed by atoms with van der Waals surface area (Å²) in [5.74, 6) is 2.24. The number of nitrogens with zero attached hydrogens (tertiary/aromatic N) is 1. The number of amidine groups is 1. The minimum Gasteiger partial charge on any atom is -0.496 e. The number of para-hydroxylation sites is 1. The lowest BCUT2D eigenvalue weighted by molar-refractivity contribution is 0.364. The van der Waals surface area contributed by atoms with Gasteiger partial charge in [-0.15, -0.1) is 0 Å². The van der Waals surface area contributed by atoms with Crippen LogP contribution in [0, 0.1) is 11.3 Å². The van der Waals surface area contributed by atoms with Crippen molar-refractivity contribution in [2.75, 3.05) is 14.2 Å². The molecule has 1 fully saturated rings. The second kappa shape index (κ2) is 5.42. The summed E-state index contributed by atoms with van der Waals surface area (Å²) in [5.41, 5.74) is 1.21. The molecule has 0 heterocycles. The zero-order chi connectivity index (χ0) is 13.1. The lowest BCUT2D eigenvalue weighted by atomic mass is 10.0. The van der Waals surface area contributed by atoms with Gasteiger partial charge in [0.15, 0.2) is 0 Å². The molecule has 0 aliphatic heterocycles. The first-order chi connectivity index (χ1) is 8.63. The van der Waals surface area contributed by atoms with E-state index in [-0.39, 0.29) is 0 Å². The average molecular weight is 246 g/mol. The molecule has 0 aromatic heterocycles. The van der Waals surface area contributed by atoms with Crippen molar-refractivity contribution >= 4 is 5.84 Å². The van der Waals surface area contributed by atoms with Gasteiger partial charge in [-0.2, -0.15) is 0 Å². The minimum absolute atomic E-state index is 0.328. The molecule has 18 heavy (non-hydrogen) atoms. The van der Waals surface area contributed by atoms with E-state index in [2.05, 4.69) is 17.9 Å². The number of nitrogens with one attached hydrogen (secondary N) is 1. The third kappa shape index (κ3) is 2.84. The molecule has 1 aliphatic carbocycles. The Morgan fingerprint density at radius 3 is 2.72 bits per heavy atom. The summed E-state index contributed by atoms with van der Waals surface area (Å²) in [5, 5.41) is 8.10. The Morgan fingerprint density at radius 2 is 2.11 bits per heavy atom. The number of hydrogen-bond acceptors (Lipinski definition) is 2. The number of benzene rings is 1. The Kier molecular flexibility index (Phi) is 3.90. The Morgan fingerprint density at radius 1 is 1.44 bits per heavy atom. The second-order valence-corrected chi connectivity index (χ2v) is 5.14. The maximum absolute atomic E-state index is 8.10. The fourth-order valence-corrected chi connectivity index (χ4v) is 2.21. The van der Waals surface area contributed by atoms with E-state index in [4.69, 9.17) is 10.1 Å². The van der Waals surface area contributed by atoms with Crippen LogP contribution in [-0.2, 0) is 6.42 Å². The van der Waals surface area contributed by atoms with Crippen LogP contribution >= 0.6 is 0 Å². The number of rotatable bonds is 5. The van der Waals surface area contributed by atoms with Gasteiger partial charge in [-0.25, -0.2) is 0 Å². The molecule has 1 aromatic rings. The van der Waals surface area contributed by atoms with Crippen LogP contribution in [-0.4, -0.2) is 30.9 Å². The maximum atomic E-state index is 8.10. The zero-order valence-electron chi connectivity index (χ0n) is 11.4. The van der Waals surface area contributed by atoms with Crippen molar-refractivity contribution in [1.29, 1.82) is 5.41 Å². The number of methoxy groups -OCH3 is 1. The smallest absolute Gasteiger partial charge is 0.122 e. The van der Waals surface area contributed by atoms with Gasteiger partial charge >= 0.3 is 0 Å². The molecule has 1 saturated carbocycles. The standard InChI is InChI=1S/C15H22N2O/c1-11(17(2)15(16)12-8-9-12)10-13-6-4-5-7-14(13)18-3/h4-7,11-12,16H,8-10H2,1-3H3. The fourth-order valence-electron chi connectivity index (χ4n) is 2.21. The van der Waals surface area contributed by atoms with Gasteiger partial charge in [-0.3, -0.25) is 5.41 Å². The molecule has 2 rings (SSSR count). The van der Waals surface area contributed by atoms with E-state index in [0.29, 0.717) is 12.0 Å². The molecule has 1 aliphatic rings. The molecular formula is C15H22N2O. The van der Waals surface area contributed by atoms with Gasteiger partial charge in [-0.05, 0) is 37.8 Å². The van der Waals surface area contributed by atoms with Gasteiger partial charge in [-0.1, -0.05) is 18.2 Å².